The van der Waals surface area contributed by atoms with Crippen molar-refractivity contribution in [3.05, 3.63) is 101 Å². The van der Waals surface area contributed by atoms with Crippen LogP contribution in [0, 0.1) is 0 Å². The summed E-state index contributed by atoms with van der Waals surface area (Å²) in [4.78, 5) is 31.9. The summed E-state index contributed by atoms with van der Waals surface area (Å²) in [6.45, 7) is 3.75. The Hall–Kier alpha value is -3.79. The van der Waals surface area contributed by atoms with Gasteiger partial charge in [-0.15, -0.1) is 0 Å². The Morgan fingerprint density at radius 2 is 1.97 bits per heavy atom. The van der Waals surface area contributed by atoms with Gasteiger partial charge in [0.25, 0.3) is 5.56 Å². The van der Waals surface area contributed by atoms with Gasteiger partial charge in [0.15, 0.2) is 16.3 Å². The number of fused-ring (bicyclic) bond motifs is 2. The maximum atomic E-state index is 13.8. The van der Waals surface area contributed by atoms with Gasteiger partial charge in [-0.2, -0.15) is 0 Å². The third kappa shape index (κ3) is 4.56. The molecular weight excluding hydrogens is 563 g/mol. The monoisotopic (exact) mass is 582 g/mol. The Bertz CT molecular complexity index is 1850. The minimum absolute atomic E-state index is 0.104. The lowest BCUT2D eigenvalue weighted by atomic mass is 9.95. The van der Waals surface area contributed by atoms with Gasteiger partial charge in [-0.25, -0.2) is 9.79 Å². The first-order chi connectivity index (χ1) is 18.8. The fraction of sp³-hybridized carbons (Fsp3) is 0.179. The van der Waals surface area contributed by atoms with Crippen LogP contribution in [-0.2, 0) is 9.53 Å². The van der Waals surface area contributed by atoms with Crippen LogP contribution in [0.15, 0.2) is 74.0 Å². The van der Waals surface area contributed by atoms with Crippen molar-refractivity contribution in [1.82, 2.24) is 4.57 Å². The average Bonchev–Trinajstić information content (AvgIpc) is 3.64. The SMILES string of the molecule is CCOC(=O)C1=C(C)N=c2sc(=Cc3ccc(-c4cc(Cl)ccc4Cl)o3)c(=O)n2[C@@H]1c1ccc2c(c1)OCO2. The molecule has 0 unspecified atom stereocenters. The molecule has 8 nitrogen and oxygen atoms in total. The number of ether oxygens (including phenoxy) is 3. The molecule has 1 atom stereocenters. The molecule has 0 N–H and O–H groups in total. The van der Waals surface area contributed by atoms with Crippen LogP contribution in [0.1, 0.15) is 31.2 Å². The largest absolute Gasteiger partial charge is 0.463 e. The molecule has 0 amide bonds. The lowest BCUT2D eigenvalue weighted by Crippen LogP contribution is -2.39. The average molecular weight is 583 g/mol. The molecule has 6 rings (SSSR count). The highest BCUT2D eigenvalue weighted by molar-refractivity contribution is 7.07. The van der Waals surface area contributed by atoms with Crippen LogP contribution in [0.2, 0.25) is 10.0 Å². The normalized spacial score (nSPS) is 16.3. The zero-order chi connectivity index (χ0) is 27.3. The maximum Gasteiger partial charge on any atom is 0.338 e. The number of halogens is 2. The molecule has 0 spiro atoms. The van der Waals surface area contributed by atoms with E-state index in [1.165, 1.54) is 15.9 Å². The van der Waals surface area contributed by atoms with E-state index in [-0.39, 0.29) is 24.5 Å². The highest BCUT2D eigenvalue weighted by atomic mass is 35.5. The Kier molecular flexibility index (Phi) is 6.58. The quantitative estimate of drug-likeness (QED) is 0.304. The summed E-state index contributed by atoms with van der Waals surface area (Å²) < 4.78 is 24.2. The molecule has 4 aromatic rings. The van der Waals surface area contributed by atoms with Crippen LogP contribution in [0.4, 0.5) is 0 Å². The first kappa shape index (κ1) is 25.5. The predicted octanol–water partition coefficient (Wildman–Crippen LogP) is 5.09. The molecule has 0 aliphatic carbocycles. The van der Waals surface area contributed by atoms with Crippen LogP contribution in [0.25, 0.3) is 17.4 Å². The molecule has 0 saturated carbocycles. The number of thiazole rings is 1. The van der Waals surface area contributed by atoms with Gasteiger partial charge in [-0.1, -0.05) is 40.6 Å². The molecule has 0 saturated heterocycles. The second-order valence-corrected chi connectivity index (χ2v) is 10.6. The Balaban J connectivity index is 1.48. The van der Waals surface area contributed by atoms with E-state index in [1.807, 2.05) is 0 Å². The molecule has 0 bridgehead atoms. The van der Waals surface area contributed by atoms with Crippen molar-refractivity contribution in [3.63, 3.8) is 0 Å². The number of hydrogen-bond acceptors (Lipinski definition) is 8. The van der Waals surface area contributed by atoms with Gasteiger partial charge in [-0.3, -0.25) is 9.36 Å². The van der Waals surface area contributed by atoms with E-state index < -0.39 is 12.0 Å². The van der Waals surface area contributed by atoms with Gasteiger partial charge >= 0.3 is 5.97 Å². The molecule has 39 heavy (non-hydrogen) atoms. The smallest absolute Gasteiger partial charge is 0.338 e. The molecule has 0 radical (unpaired) electrons. The van der Waals surface area contributed by atoms with Crippen molar-refractivity contribution in [2.45, 2.75) is 19.9 Å². The van der Waals surface area contributed by atoms with E-state index in [2.05, 4.69) is 4.99 Å². The van der Waals surface area contributed by atoms with Crippen LogP contribution in [0.5, 0.6) is 11.5 Å². The number of esters is 1. The van der Waals surface area contributed by atoms with Gasteiger partial charge in [0.05, 0.1) is 33.5 Å². The topological polar surface area (TPSA) is 92.3 Å². The Labute approximate surface area is 236 Å². The number of aromatic nitrogens is 1. The third-order valence-electron chi connectivity index (χ3n) is 6.32. The molecule has 0 fully saturated rings. The summed E-state index contributed by atoms with van der Waals surface area (Å²) in [6, 6.07) is 13.2. The number of allylic oxidation sites excluding steroid dienone is 1. The van der Waals surface area contributed by atoms with E-state index in [0.717, 1.165) is 0 Å². The summed E-state index contributed by atoms with van der Waals surface area (Å²) in [5, 5.41) is 1.02. The van der Waals surface area contributed by atoms with E-state index in [1.54, 1.807) is 68.5 Å². The van der Waals surface area contributed by atoms with Crippen LogP contribution < -0.4 is 24.4 Å². The minimum atomic E-state index is -0.769. The maximum absolute atomic E-state index is 13.8. The first-order valence-electron chi connectivity index (χ1n) is 12.0. The minimum Gasteiger partial charge on any atom is -0.463 e. The zero-order valence-corrected chi connectivity index (χ0v) is 23.0. The van der Waals surface area contributed by atoms with Gasteiger partial charge < -0.3 is 18.6 Å². The van der Waals surface area contributed by atoms with Crippen molar-refractivity contribution in [1.29, 1.82) is 0 Å². The van der Waals surface area contributed by atoms with Crippen molar-refractivity contribution in [2.75, 3.05) is 13.4 Å². The summed E-state index contributed by atoms with van der Waals surface area (Å²) in [6.07, 6.45) is 1.64. The van der Waals surface area contributed by atoms with Crippen LogP contribution >= 0.6 is 34.5 Å². The predicted molar refractivity (Wildman–Crippen MR) is 147 cm³/mol. The summed E-state index contributed by atoms with van der Waals surface area (Å²) in [5.41, 5.74) is 1.74. The van der Waals surface area contributed by atoms with Crippen molar-refractivity contribution in [3.8, 4) is 22.8 Å². The summed E-state index contributed by atoms with van der Waals surface area (Å²) in [7, 11) is 0. The fourth-order valence-electron chi connectivity index (χ4n) is 4.58. The number of benzene rings is 2. The van der Waals surface area contributed by atoms with Crippen molar-refractivity contribution >= 4 is 46.6 Å². The highest BCUT2D eigenvalue weighted by Gasteiger charge is 2.34. The van der Waals surface area contributed by atoms with E-state index in [0.29, 0.717) is 59.2 Å². The van der Waals surface area contributed by atoms with Gasteiger partial charge in [0.2, 0.25) is 6.79 Å². The highest BCUT2D eigenvalue weighted by Crippen LogP contribution is 2.38. The number of nitrogens with zero attached hydrogens (tertiary/aromatic N) is 2. The van der Waals surface area contributed by atoms with Crippen molar-refractivity contribution < 1.29 is 23.4 Å². The summed E-state index contributed by atoms with van der Waals surface area (Å²) in [5.74, 6) is 1.56. The number of rotatable bonds is 5. The lowest BCUT2D eigenvalue weighted by molar-refractivity contribution is -0.139. The fourth-order valence-corrected chi connectivity index (χ4v) is 5.99. The lowest BCUT2D eigenvalue weighted by Gasteiger charge is -2.24. The Morgan fingerprint density at radius 3 is 2.79 bits per heavy atom. The van der Waals surface area contributed by atoms with Gasteiger partial charge in [0.1, 0.15) is 11.5 Å². The number of carbonyl (C=O) groups excluding carboxylic acids is 1. The molecule has 2 aromatic heterocycles. The second kappa shape index (κ2) is 10.1. The number of hydrogen-bond donors (Lipinski definition) is 0. The molecule has 2 aliphatic rings. The van der Waals surface area contributed by atoms with E-state index >= 15 is 0 Å². The zero-order valence-electron chi connectivity index (χ0n) is 20.7. The number of carbonyl (C=O) groups is 1. The van der Waals surface area contributed by atoms with Crippen LogP contribution in [0.3, 0.4) is 0 Å². The standard InChI is InChI=1S/C28H20Cl2N2O6S/c1-3-35-27(34)24-14(2)31-28-32(25(24)15-4-8-21-22(10-15)37-13-36-21)26(33)23(39-28)12-17-6-9-20(38-17)18-11-16(29)5-7-19(18)30/h4-12,25H,3,13H2,1-2H3/t25-/m1/s1. The molecule has 4 heterocycles. The molecule has 11 heteroatoms. The molecule has 2 aromatic carbocycles. The van der Waals surface area contributed by atoms with Crippen LogP contribution in [-0.4, -0.2) is 23.9 Å². The number of furan rings is 1. The van der Waals surface area contributed by atoms with Gasteiger partial charge in [0, 0.05) is 16.7 Å². The van der Waals surface area contributed by atoms with Crippen molar-refractivity contribution in [2.24, 2.45) is 4.99 Å². The summed E-state index contributed by atoms with van der Waals surface area (Å²) >= 11 is 13.7. The second-order valence-electron chi connectivity index (χ2n) is 8.74. The van der Waals surface area contributed by atoms with E-state index in [9.17, 15) is 9.59 Å². The molecule has 198 valence electrons. The first-order valence-corrected chi connectivity index (χ1v) is 13.6. The van der Waals surface area contributed by atoms with E-state index in [4.69, 9.17) is 41.8 Å². The molecule has 2 aliphatic heterocycles. The Morgan fingerprint density at radius 1 is 1.15 bits per heavy atom. The third-order valence-corrected chi connectivity index (χ3v) is 7.87. The molecular formula is C28H20Cl2N2O6S. The van der Waals surface area contributed by atoms with Gasteiger partial charge in [-0.05, 0) is 61.9 Å².